The van der Waals surface area contributed by atoms with Crippen LogP contribution in [0.15, 0.2) is 42.6 Å². The van der Waals surface area contributed by atoms with Crippen molar-refractivity contribution in [3.05, 3.63) is 65.6 Å². The SMILES string of the molecule is Fc1ccc(/C=C/CN2CCN(c3ncccc3F)CC2)cc1F. The van der Waals surface area contributed by atoms with Gasteiger partial charge in [0.05, 0.1) is 0 Å². The maximum atomic E-state index is 13.7. The summed E-state index contributed by atoms with van der Waals surface area (Å²) in [6.45, 7) is 3.69. The van der Waals surface area contributed by atoms with E-state index in [-0.39, 0.29) is 5.82 Å². The van der Waals surface area contributed by atoms with Crippen molar-refractivity contribution in [3.63, 3.8) is 0 Å². The second-order valence-corrected chi connectivity index (χ2v) is 5.67. The van der Waals surface area contributed by atoms with Gasteiger partial charge in [0, 0.05) is 38.9 Å². The molecule has 3 rings (SSSR count). The second kappa shape index (κ2) is 7.49. The van der Waals surface area contributed by atoms with E-state index in [4.69, 9.17) is 0 Å². The Balaban J connectivity index is 1.51. The van der Waals surface area contributed by atoms with Crippen LogP contribution in [0.2, 0.25) is 0 Å². The van der Waals surface area contributed by atoms with Crippen LogP contribution in [0, 0.1) is 17.5 Å². The van der Waals surface area contributed by atoms with Gasteiger partial charge in [-0.15, -0.1) is 0 Å². The second-order valence-electron chi connectivity index (χ2n) is 5.67. The van der Waals surface area contributed by atoms with Crippen molar-refractivity contribution in [2.75, 3.05) is 37.6 Å². The van der Waals surface area contributed by atoms with Gasteiger partial charge >= 0.3 is 0 Å². The van der Waals surface area contributed by atoms with Crippen LogP contribution in [0.4, 0.5) is 19.0 Å². The molecule has 1 saturated heterocycles. The Morgan fingerprint density at radius 1 is 0.958 bits per heavy atom. The van der Waals surface area contributed by atoms with E-state index in [1.54, 1.807) is 18.3 Å². The maximum Gasteiger partial charge on any atom is 0.165 e. The van der Waals surface area contributed by atoms with Gasteiger partial charge in [-0.25, -0.2) is 18.2 Å². The highest BCUT2D eigenvalue weighted by Gasteiger charge is 2.19. The van der Waals surface area contributed by atoms with Crippen LogP contribution in [0.1, 0.15) is 5.56 Å². The van der Waals surface area contributed by atoms with Gasteiger partial charge in [-0.3, -0.25) is 4.90 Å². The van der Waals surface area contributed by atoms with E-state index in [0.717, 1.165) is 19.2 Å². The van der Waals surface area contributed by atoms with E-state index in [1.165, 1.54) is 18.2 Å². The predicted molar refractivity (Wildman–Crippen MR) is 88.2 cm³/mol. The van der Waals surface area contributed by atoms with Crippen molar-refractivity contribution < 1.29 is 13.2 Å². The molecule has 0 N–H and O–H groups in total. The summed E-state index contributed by atoms with van der Waals surface area (Å²) in [5.74, 6) is -1.59. The number of halogens is 3. The number of nitrogens with zero attached hydrogens (tertiary/aromatic N) is 3. The van der Waals surface area contributed by atoms with Gasteiger partial charge in [0.25, 0.3) is 0 Å². The zero-order chi connectivity index (χ0) is 16.9. The molecule has 1 aliphatic rings. The highest BCUT2D eigenvalue weighted by Crippen LogP contribution is 2.17. The Hall–Kier alpha value is -2.34. The smallest absolute Gasteiger partial charge is 0.165 e. The molecule has 6 heteroatoms. The lowest BCUT2D eigenvalue weighted by molar-refractivity contribution is 0.282. The minimum absolute atomic E-state index is 0.302. The molecule has 0 unspecified atom stereocenters. The number of piperazine rings is 1. The van der Waals surface area contributed by atoms with Crippen LogP contribution in [0.3, 0.4) is 0 Å². The molecule has 0 aliphatic carbocycles. The van der Waals surface area contributed by atoms with Gasteiger partial charge in [-0.05, 0) is 29.8 Å². The van der Waals surface area contributed by atoms with Gasteiger partial charge in [-0.1, -0.05) is 18.2 Å². The molecule has 126 valence electrons. The Kier molecular flexibility index (Phi) is 5.15. The van der Waals surface area contributed by atoms with Crippen LogP contribution >= 0.6 is 0 Å². The molecule has 1 aromatic heterocycles. The zero-order valence-corrected chi connectivity index (χ0v) is 13.1. The molecule has 0 atom stereocenters. The van der Waals surface area contributed by atoms with Crippen LogP contribution < -0.4 is 4.90 Å². The molecule has 2 heterocycles. The molecule has 1 aromatic carbocycles. The maximum absolute atomic E-state index is 13.7. The van der Waals surface area contributed by atoms with Crippen molar-refractivity contribution in [2.45, 2.75) is 0 Å². The molecule has 0 amide bonds. The average Bonchev–Trinajstić information content (AvgIpc) is 2.59. The van der Waals surface area contributed by atoms with Gasteiger partial charge in [0.15, 0.2) is 23.3 Å². The summed E-state index contributed by atoms with van der Waals surface area (Å²) in [6, 6.07) is 6.83. The number of benzene rings is 1. The molecule has 0 radical (unpaired) electrons. The van der Waals surface area contributed by atoms with Gasteiger partial charge < -0.3 is 4.90 Å². The molecule has 0 saturated carbocycles. The highest BCUT2D eigenvalue weighted by molar-refractivity contribution is 5.49. The summed E-state index contributed by atoms with van der Waals surface area (Å²) in [5.41, 5.74) is 0.628. The topological polar surface area (TPSA) is 19.4 Å². The number of hydrogen-bond acceptors (Lipinski definition) is 3. The Labute approximate surface area is 139 Å². The molecule has 0 spiro atoms. The normalized spacial score (nSPS) is 16.0. The molecular weight excluding hydrogens is 315 g/mol. The number of pyridine rings is 1. The molecule has 1 fully saturated rings. The summed E-state index contributed by atoms with van der Waals surface area (Å²) in [7, 11) is 0. The first-order chi connectivity index (χ1) is 11.6. The van der Waals surface area contributed by atoms with E-state index >= 15 is 0 Å². The number of hydrogen-bond donors (Lipinski definition) is 0. The van der Waals surface area contributed by atoms with Crippen molar-refractivity contribution in [1.29, 1.82) is 0 Å². The standard InChI is InChI=1S/C18H18F3N3/c19-15-6-5-14(13-17(15)21)3-2-8-23-9-11-24(12-10-23)18-16(20)4-1-7-22-18/h1-7,13H,8-12H2/b3-2+. The zero-order valence-electron chi connectivity index (χ0n) is 13.1. The first kappa shape index (κ1) is 16.5. The molecule has 1 aliphatic heterocycles. The Bertz CT molecular complexity index is 725. The van der Waals surface area contributed by atoms with E-state index in [2.05, 4.69) is 9.88 Å². The lowest BCUT2D eigenvalue weighted by atomic mass is 10.2. The summed E-state index contributed by atoms with van der Waals surface area (Å²) < 4.78 is 39.7. The van der Waals surface area contributed by atoms with Gasteiger partial charge in [-0.2, -0.15) is 0 Å². The first-order valence-corrected chi connectivity index (χ1v) is 7.83. The molecule has 3 nitrogen and oxygen atoms in total. The summed E-state index contributed by atoms with van der Waals surface area (Å²) in [5, 5.41) is 0. The van der Waals surface area contributed by atoms with Gasteiger partial charge in [0.2, 0.25) is 0 Å². The third kappa shape index (κ3) is 3.94. The highest BCUT2D eigenvalue weighted by atomic mass is 19.2. The largest absolute Gasteiger partial charge is 0.352 e. The van der Waals surface area contributed by atoms with Crippen molar-refractivity contribution >= 4 is 11.9 Å². The first-order valence-electron chi connectivity index (χ1n) is 7.83. The fraction of sp³-hybridized carbons (Fsp3) is 0.278. The monoisotopic (exact) mass is 333 g/mol. The third-order valence-corrected chi connectivity index (χ3v) is 4.03. The van der Waals surface area contributed by atoms with Crippen molar-refractivity contribution in [1.82, 2.24) is 9.88 Å². The molecule has 0 bridgehead atoms. The Morgan fingerprint density at radius 3 is 2.46 bits per heavy atom. The quantitative estimate of drug-likeness (QED) is 0.855. The summed E-state index contributed by atoms with van der Waals surface area (Å²) >= 11 is 0. The van der Waals surface area contributed by atoms with E-state index in [1.807, 2.05) is 11.0 Å². The average molecular weight is 333 g/mol. The molecule has 24 heavy (non-hydrogen) atoms. The minimum Gasteiger partial charge on any atom is -0.352 e. The number of anilines is 1. The third-order valence-electron chi connectivity index (χ3n) is 4.03. The van der Waals surface area contributed by atoms with Crippen molar-refractivity contribution in [2.24, 2.45) is 0 Å². The molecule has 2 aromatic rings. The predicted octanol–water partition coefficient (Wildman–Crippen LogP) is 3.33. The van der Waals surface area contributed by atoms with Crippen molar-refractivity contribution in [3.8, 4) is 0 Å². The van der Waals surface area contributed by atoms with Crippen LogP contribution in [0.25, 0.3) is 6.08 Å². The van der Waals surface area contributed by atoms with Crippen LogP contribution in [-0.2, 0) is 0 Å². The van der Waals surface area contributed by atoms with E-state index < -0.39 is 11.6 Å². The molecular formula is C18H18F3N3. The van der Waals surface area contributed by atoms with Crippen LogP contribution in [-0.4, -0.2) is 42.6 Å². The lowest BCUT2D eigenvalue weighted by Gasteiger charge is -2.34. The lowest BCUT2D eigenvalue weighted by Crippen LogP contribution is -2.46. The number of aromatic nitrogens is 1. The summed E-state index contributed by atoms with van der Waals surface area (Å²) in [6.07, 6.45) is 5.28. The Morgan fingerprint density at radius 2 is 1.75 bits per heavy atom. The number of rotatable bonds is 4. The van der Waals surface area contributed by atoms with E-state index in [9.17, 15) is 13.2 Å². The van der Waals surface area contributed by atoms with E-state index in [0.29, 0.717) is 31.0 Å². The fourth-order valence-electron chi connectivity index (χ4n) is 2.71. The fourth-order valence-corrected chi connectivity index (χ4v) is 2.71. The minimum atomic E-state index is -0.844. The van der Waals surface area contributed by atoms with Crippen LogP contribution in [0.5, 0.6) is 0 Å². The summed E-state index contributed by atoms with van der Waals surface area (Å²) in [4.78, 5) is 8.25. The van der Waals surface area contributed by atoms with Gasteiger partial charge in [0.1, 0.15) is 0 Å².